The Bertz CT molecular complexity index is 4660. The number of anilines is 1. The van der Waals surface area contributed by atoms with Crippen LogP contribution in [0, 0.1) is 29.6 Å². The number of azide groups is 1. The number of aliphatic hydroxyl groups is 3. The highest BCUT2D eigenvalue weighted by Crippen LogP contribution is 2.39. The molecule has 2 bridgehead atoms. The number of hydrogen-bond acceptors (Lipinski definition) is 31. The Morgan fingerprint density at radius 1 is 0.714 bits per heavy atom. The number of methoxy groups -OCH3 is 2. The minimum atomic E-state index is -2.51. The average molecular weight is 1860 g/mol. The van der Waals surface area contributed by atoms with Crippen LogP contribution in [0.3, 0.4) is 0 Å². The van der Waals surface area contributed by atoms with E-state index < -0.39 is 114 Å². The lowest BCUT2D eigenvalue weighted by atomic mass is 9.80. The Morgan fingerprint density at radius 2 is 1.37 bits per heavy atom. The number of amides is 3. The van der Waals surface area contributed by atoms with Crippen molar-refractivity contribution in [3.8, 4) is 11.3 Å². The van der Waals surface area contributed by atoms with Gasteiger partial charge in [0, 0.05) is 99.0 Å². The number of nitrogens with one attached hydrogen (secondary N) is 2. The van der Waals surface area contributed by atoms with Gasteiger partial charge in [-0.15, -0.1) is 0 Å². The van der Waals surface area contributed by atoms with Crippen LogP contribution < -0.4 is 16.8 Å². The fourth-order valence-corrected chi connectivity index (χ4v) is 17.5. The number of nitrogens with two attached hydrogens (primary N) is 2. The second-order valence-electron chi connectivity index (χ2n) is 34.9. The molecule has 1 aromatic carbocycles. The third-order valence-electron chi connectivity index (χ3n) is 25.1. The minimum Gasteiger partial charge on any atom is -0.459 e. The number of nitrogen functional groups attached to an aromatic ring is 1. The number of fused-ring (bicyclic) bond motifs is 6. The SMILES string of the molecule is CO[C@H]1C[C@@H]2CC[C@@H](C)[C@@](O)(O2)C(=O)C(=O)N2CCCC[C@H]2C(=O)O[C@H]([C@H](N)C[C@@H]2CC[C@@H](OC(=O)NCCOCCOCCOCCOCCOCCOCCOCCOCCOCCOCCC(=O)N3CCc4cc(Cn5nc(-c6cnc7[nH]ccc7c6)c6c(N)ncnc65)ccc4C3)[C@H](OC)C2)CC(N=[N+]=[N-])[C@H](C)/C=C(\C)[C@@H](O)[C@@H](O)C(=O)[C@H](C)C[C@H](C)/C=C/C=CC=C1C. The Morgan fingerprint density at radius 3 is 2.02 bits per heavy atom. The number of pyridine rings is 1. The predicted octanol–water partition coefficient (Wildman–Crippen LogP) is 8.52. The topological polar surface area (TPSA) is 493 Å². The zero-order valence-electron chi connectivity index (χ0n) is 78.4. The number of cyclic esters (lactones) is 1. The number of carbonyl (C=O) groups is 6. The molecule has 9 N–H and O–H groups in total. The van der Waals surface area contributed by atoms with E-state index in [9.17, 15) is 49.6 Å². The molecule has 2 saturated heterocycles. The zero-order valence-corrected chi connectivity index (χ0v) is 78.4. The molecule has 133 heavy (non-hydrogen) atoms. The summed E-state index contributed by atoms with van der Waals surface area (Å²) in [5.41, 5.74) is 30.9. The monoisotopic (exact) mass is 1860 g/mol. The molecule has 5 aromatic rings. The number of benzene rings is 1. The molecular formula is C95H140N14O24. The van der Waals surface area contributed by atoms with E-state index >= 15 is 0 Å². The first-order chi connectivity index (χ1) is 64.4. The summed E-state index contributed by atoms with van der Waals surface area (Å²) in [6.07, 6.45) is 13.5. The van der Waals surface area contributed by atoms with E-state index in [0.29, 0.717) is 212 Å². The zero-order chi connectivity index (χ0) is 95.0. The van der Waals surface area contributed by atoms with E-state index in [1.165, 1.54) is 19.0 Å². The van der Waals surface area contributed by atoms with Crippen LogP contribution in [0.15, 0.2) is 102 Å². The Kier molecular flexibility index (Phi) is 44.4. The standard InChI is InChI=1S/C95H140N14O24/c1-62-14-10-9-11-15-63(2)79(119-7)56-74-21-17-67(6)95(118,133-74)88(114)92(115)108-28-13-12-16-77(108)93(116)131-80(57-76(104-106-98)64(3)51-66(5)86(112)87(113)85(111)65(4)50-62)75(96)53-68-19-22-78(81(54-68)120-8)132-94(117)100-27-31-122-33-35-124-37-39-126-41-43-128-45-47-130-49-48-129-46-44-127-42-40-125-38-36-123-34-32-121-30-25-82(110)107-29-24-70-52-69(18-20-72(70)60-107)59-109-91-83(89(97)102-61-103-91)84(105-109)73-55-71-23-26-99-90(71)101-58-73/h9-11,14-15,18,20,23,26,51-52,55,58,61-62,64-65,67-68,74-81,86-87,112-113,118H,12-13,16-17,19,21-22,24-25,27-50,53-54,56-57,59-60,96H2,1-8H3,(H,99,101)(H,100,117)(H2,97,102,103)/b11-9?,14-10+,63-15?,66-51+/t62-,64-,65-,67-,68+,74+,75-,76?,77+,78-,79+,80+,81-,86-,87+,95-/m1/s1. The number of aromatic nitrogens is 6. The number of H-pyrrole nitrogens is 1. The summed E-state index contributed by atoms with van der Waals surface area (Å²) < 4.78 is 88.3. The van der Waals surface area contributed by atoms with Crippen LogP contribution in [0.25, 0.3) is 43.8 Å². The quantitative estimate of drug-likeness (QED) is 0.00365. The maximum atomic E-state index is 14.8. The number of Topliss-reactive ketones (excluding diaryl/α,β-unsaturated/α-hetero) is 2. The molecule has 3 amide bonds. The number of esters is 1. The van der Waals surface area contributed by atoms with Gasteiger partial charge in [0.1, 0.15) is 53.9 Å². The summed E-state index contributed by atoms with van der Waals surface area (Å²) >= 11 is 0. The number of alkyl carbamates (subject to hydrolysis) is 1. The fourth-order valence-electron chi connectivity index (χ4n) is 17.5. The molecule has 1 unspecified atom stereocenters. The second-order valence-corrected chi connectivity index (χ2v) is 34.9. The van der Waals surface area contributed by atoms with Crippen molar-refractivity contribution < 1.29 is 115 Å². The van der Waals surface area contributed by atoms with Crippen LogP contribution in [0.5, 0.6) is 0 Å². The normalized spacial score (nSPS) is 26.1. The van der Waals surface area contributed by atoms with Gasteiger partial charge in [0.25, 0.3) is 11.7 Å². The van der Waals surface area contributed by atoms with Crippen molar-refractivity contribution in [1.29, 1.82) is 0 Å². The van der Waals surface area contributed by atoms with Gasteiger partial charge < -0.3 is 118 Å². The summed E-state index contributed by atoms with van der Waals surface area (Å²) in [4.78, 5) is 106. The van der Waals surface area contributed by atoms with Crippen molar-refractivity contribution in [2.75, 3.05) is 172 Å². The van der Waals surface area contributed by atoms with Gasteiger partial charge in [0.15, 0.2) is 11.4 Å². The highest BCUT2D eigenvalue weighted by Gasteiger charge is 2.53. The number of aliphatic hydroxyl groups excluding tert-OH is 2. The lowest BCUT2D eigenvalue weighted by Gasteiger charge is -2.43. The van der Waals surface area contributed by atoms with Gasteiger partial charge in [-0.1, -0.05) is 87.5 Å². The maximum Gasteiger partial charge on any atom is 0.407 e. The summed E-state index contributed by atoms with van der Waals surface area (Å²) in [6, 6.07) is 7.16. The molecule has 16 atom stereocenters. The van der Waals surface area contributed by atoms with Crippen molar-refractivity contribution in [3.05, 3.63) is 124 Å². The minimum absolute atomic E-state index is 0.000591. The van der Waals surface area contributed by atoms with Gasteiger partial charge in [0.05, 0.1) is 169 Å². The number of allylic oxidation sites excluding steroid dienone is 5. The van der Waals surface area contributed by atoms with Gasteiger partial charge in [0.2, 0.25) is 11.7 Å². The number of aromatic amines is 1. The number of hydrogen-bond donors (Lipinski definition) is 7. The van der Waals surface area contributed by atoms with E-state index in [4.69, 9.17) is 87.6 Å². The first kappa shape index (κ1) is 106. The van der Waals surface area contributed by atoms with E-state index in [1.807, 2.05) is 72.1 Å². The van der Waals surface area contributed by atoms with E-state index in [2.05, 4.69) is 53.5 Å². The van der Waals surface area contributed by atoms with Gasteiger partial charge >= 0.3 is 12.1 Å². The molecule has 1 aliphatic carbocycles. The number of nitrogens with zero attached hydrogens (tertiary/aromatic N) is 10. The van der Waals surface area contributed by atoms with Crippen molar-refractivity contribution in [2.24, 2.45) is 40.4 Å². The van der Waals surface area contributed by atoms with Crippen molar-refractivity contribution in [2.45, 2.75) is 211 Å². The number of ether oxygens (including phenoxy) is 15. The Labute approximate surface area is 778 Å². The van der Waals surface area contributed by atoms with Crippen LogP contribution in [0.4, 0.5) is 10.6 Å². The van der Waals surface area contributed by atoms with Gasteiger partial charge in [-0.3, -0.25) is 19.2 Å². The molecule has 4 aromatic heterocycles. The highest BCUT2D eigenvalue weighted by molar-refractivity contribution is 6.39. The van der Waals surface area contributed by atoms with E-state index in [0.717, 1.165) is 44.6 Å². The number of rotatable bonds is 43. The van der Waals surface area contributed by atoms with E-state index in [1.54, 1.807) is 47.1 Å². The molecular weight excluding hydrogens is 1720 g/mol. The Balaban J connectivity index is 0.528. The highest BCUT2D eigenvalue weighted by atomic mass is 16.6. The lowest BCUT2D eigenvalue weighted by Crippen LogP contribution is -2.61. The third kappa shape index (κ3) is 32.5. The third-order valence-corrected chi connectivity index (χ3v) is 25.1. The number of piperidine rings is 1. The second kappa shape index (κ2) is 55.8. The summed E-state index contributed by atoms with van der Waals surface area (Å²) in [5.74, 6) is -8.17. The molecule has 0 spiro atoms. The molecule has 734 valence electrons. The molecule has 38 nitrogen and oxygen atoms in total. The molecule has 5 aliphatic rings. The molecule has 0 radical (unpaired) electrons. The van der Waals surface area contributed by atoms with Gasteiger partial charge in [-0.2, -0.15) is 5.10 Å². The molecule has 8 heterocycles. The van der Waals surface area contributed by atoms with Crippen molar-refractivity contribution >= 4 is 63.3 Å². The lowest BCUT2D eigenvalue weighted by molar-refractivity contribution is -0.265. The van der Waals surface area contributed by atoms with Crippen molar-refractivity contribution in [3.63, 3.8) is 0 Å². The average Bonchev–Trinajstić information content (AvgIpc) is 1.74. The predicted molar refractivity (Wildman–Crippen MR) is 492 cm³/mol. The van der Waals surface area contributed by atoms with Crippen LogP contribution in [0.2, 0.25) is 0 Å². The Hall–Kier alpha value is -9.13. The maximum absolute atomic E-state index is 14.8. The number of ketones is 2. The molecule has 4 aliphatic heterocycles. The number of carbonyl (C=O) groups excluding carboxylic acids is 6. The molecule has 38 heteroatoms. The van der Waals surface area contributed by atoms with Crippen LogP contribution in [-0.2, 0) is 115 Å². The smallest absolute Gasteiger partial charge is 0.407 e. The van der Waals surface area contributed by atoms with Crippen molar-refractivity contribution in [1.82, 2.24) is 44.8 Å². The summed E-state index contributed by atoms with van der Waals surface area (Å²) in [6.45, 7) is 19.8. The van der Waals surface area contributed by atoms with E-state index in [-0.39, 0.29) is 81.7 Å². The molecule has 10 rings (SSSR count). The van der Waals surface area contributed by atoms with Crippen LogP contribution in [-0.4, -0.2) is 323 Å². The first-order valence-electron chi connectivity index (χ1n) is 46.8. The summed E-state index contributed by atoms with van der Waals surface area (Å²) in [5, 5.41) is 48.3. The first-order valence-corrected chi connectivity index (χ1v) is 46.8. The van der Waals surface area contributed by atoms with Gasteiger partial charge in [-0.05, 0) is 154 Å². The molecule has 3 fully saturated rings. The van der Waals surface area contributed by atoms with Crippen LogP contribution >= 0.6 is 0 Å². The summed E-state index contributed by atoms with van der Waals surface area (Å²) in [7, 11) is 3.07. The fraction of sp³-hybridized carbons (Fsp3) is 0.663. The largest absolute Gasteiger partial charge is 0.459 e. The van der Waals surface area contributed by atoms with Gasteiger partial charge in [-0.25, -0.2) is 29.2 Å². The molecule has 1 saturated carbocycles. The van der Waals surface area contributed by atoms with Crippen LogP contribution in [0.1, 0.15) is 142 Å².